The van der Waals surface area contributed by atoms with Crippen LogP contribution in [0.15, 0.2) is 30.7 Å². The monoisotopic (exact) mass is 358 g/mol. The van der Waals surface area contributed by atoms with Gasteiger partial charge >= 0.3 is 0 Å². The Morgan fingerprint density at radius 3 is 2.85 bits per heavy atom. The maximum atomic E-state index is 12.4. The van der Waals surface area contributed by atoms with Crippen LogP contribution in [0.5, 0.6) is 5.75 Å². The Labute approximate surface area is 156 Å². The summed E-state index contributed by atoms with van der Waals surface area (Å²) in [6.07, 6.45) is 6.00. The molecule has 6 nitrogen and oxygen atoms in total. The van der Waals surface area contributed by atoms with Gasteiger partial charge in [0, 0.05) is 18.3 Å². The summed E-state index contributed by atoms with van der Waals surface area (Å²) >= 11 is 0. The summed E-state index contributed by atoms with van der Waals surface area (Å²) in [6, 6.07) is 5.48. The van der Waals surface area contributed by atoms with Crippen LogP contribution >= 0.6 is 0 Å². The van der Waals surface area contributed by atoms with Gasteiger partial charge in [-0.1, -0.05) is 13.8 Å². The number of aryl methyl sites for hydroxylation is 1. The average Bonchev–Trinajstić information content (AvgIpc) is 3.14. The molecule has 2 aromatic rings. The number of hydrogen-bond acceptors (Lipinski definition) is 4. The molecular weight excluding hydrogens is 328 g/mol. The Bertz CT molecular complexity index is 706. The summed E-state index contributed by atoms with van der Waals surface area (Å²) in [5.74, 6) is 1.10. The highest BCUT2D eigenvalue weighted by Gasteiger charge is 2.16. The second-order valence-electron chi connectivity index (χ2n) is 6.23. The number of ether oxygens (including phenoxy) is 1. The van der Waals surface area contributed by atoms with Crippen molar-refractivity contribution in [3.63, 3.8) is 0 Å². The normalized spacial score (nSPS) is 16.4. The Morgan fingerprint density at radius 1 is 1.42 bits per heavy atom. The minimum absolute atomic E-state index is 0.0627. The molecule has 0 radical (unpaired) electrons. The van der Waals surface area contributed by atoms with Gasteiger partial charge in [0.15, 0.2) is 0 Å². The third kappa shape index (κ3) is 5.08. The number of hydrogen-bond donors (Lipinski definition) is 2. The number of rotatable bonds is 5. The third-order valence-electron chi connectivity index (χ3n) is 4.38. The lowest BCUT2D eigenvalue weighted by Crippen LogP contribution is -2.38. The fourth-order valence-corrected chi connectivity index (χ4v) is 3.02. The summed E-state index contributed by atoms with van der Waals surface area (Å²) in [7, 11) is 1.61. The topological polar surface area (TPSA) is 68.2 Å². The first-order chi connectivity index (χ1) is 12.7. The van der Waals surface area contributed by atoms with Gasteiger partial charge in [-0.15, -0.1) is 0 Å². The van der Waals surface area contributed by atoms with Crippen molar-refractivity contribution in [1.29, 1.82) is 0 Å². The van der Waals surface area contributed by atoms with Crippen molar-refractivity contribution in [1.82, 2.24) is 20.2 Å². The molecule has 1 aromatic carbocycles. The average molecular weight is 358 g/mol. The van der Waals surface area contributed by atoms with Crippen molar-refractivity contribution in [3.8, 4) is 11.4 Å². The molecule has 2 N–H and O–H groups in total. The van der Waals surface area contributed by atoms with E-state index in [9.17, 15) is 4.79 Å². The maximum absolute atomic E-state index is 12.4. The van der Waals surface area contributed by atoms with Gasteiger partial charge in [0.05, 0.1) is 24.8 Å². The first-order valence-corrected chi connectivity index (χ1v) is 9.35. The highest BCUT2D eigenvalue weighted by atomic mass is 16.5. The van der Waals surface area contributed by atoms with E-state index in [4.69, 9.17) is 4.74 Å². The highest BCUT2D eigenvalue weighted by Crippen LogP contribution is 2.24. The van der Waals surface area contributed by atoms with E-state index in [2.05, 4.69) is 15.6 Å². The zero-order valence-electron chi connectivity index (χ0n) is 16.2. The molecule has 1 aliphatic rings. The predicted molar refractivity (Wildman–Crippen MR) is 104 cm³/mol. The number of benzene rings is 1. The quantitative estimate of drug-likeness (QED) is 0.862. The highest BCUT2D eigenvalue weighted by molar-refractivity contribution is 5.95. The molecule has 3 rings (SSSR count). The Kier molecular flexibility index (Phi) is 7.66. The molecule has 0 aliphatic carbocycles. The van der Waals surface area contributed by atoms with Crippen LogP contribution in [0.25, 0.3) is 5.69 Å². The van der Waals surface area contributed by atoms with E-state index in [-0.39, 0.29) is 5.91 Å². The van der Waals surface area contributed by atoms with Gasteiger partial charge in [-0.25, -0.2) is 4.98 Å². The molecule has 2 heterocycles. The fourth-order valence-electron chi connectivity index (χ4n) is 3.02. The molecule has 1 aliphatic heterocycles. The summed E-state index contributed by atoms with van der Waals surface area (Å²) in [5.41, 5.74) is 2.40. The molecule has 1 atom stereocenters. The molecule has 142 valence electrons. The van der Waals surface area contributed by atoms with Crippen LogP contribution in [0.3, 0.4) is 0 Å². The van der Waals surface area contributed by atoms with Crippen LogP contribution in [0.2, 0.25) is 0 Å². The summed E-state index contributed by atoms with van der Waals surface area (Å²) < 4.78 is 7.35. The van der Waals surface area contributed by atoms with Gasteiger partial charge in [-0.05, 0) is 57.0 Å². The van der Waals surface area contributed by atoms with E-state index < -0.39 is 0 Å². The number of piperidine rings is 1. The number of carbonyl (C=O) groups is 1. The minimum atomic E-state index is -0.0627. The largest absolute Gasteiger partial charge is 0.495 e. The number of nitrogens with zero attached hydrogens (tertiary/aromatic N) is 2. The molecule has 1 aromatic heterocycles. The Morgan fingerprint density at radius 2 is 2.23 bits per heavy atom. The van der Waals surface area contributed by atoms with E-state index in [0.717, 1.165) is 30.9 Å². The van der Waals surface area contributed by atoms with Gasteiger partial charge in [0.2, 0.25) is 0 Å². The number of imidazole rings is 1. The molecule has 0 saturated carbocycles. The van der Waals surface area contributed by atoms with Crippen molar-refractivity contribution in [3.05, 3.63) is 42.0 Å². The van der Waals surface area contributed by atoms with Crippen molar-refractivity contribution < 1.29 is 9.53 Å². The predicted octanol–water partition coefficient (Wildman–Crippen LogP) is 2.94. The van der Waals surface area contributed by atoms with Gasteiger partial charge in [0.25, 0.3) is 5.91 Å². The number of amides is 1. The van der Waals surface area contributed by atoms with Crippen LogP contribution in [0.1, 0.15) is 42.7 Å². The second-order valence-corrected chi connectivity index (χ2v) is 6.23. The lowest BCUT2D eigenvalue weighted by atomic mass is 9.99. The SMILES string of the molecule is CC.COc1cc(C(=O)NCC2CCCNC2)ccc1-n1cnc(C)c1. The smallest absolute Gasteiger partial charge is 0.251 e. The molecule has 26 heavy (non-hydrogen) atoms. The number of nitrogens with one attached hydrogen (secondary N) is 2. The fraction of sp³-hybridized carbons (Fsp3) is 0.500. The van der Waals surface area contributed by atoms with Gasteiger partial charge in [0.1, 0.15) is 5.75 Å². The zero-order valence-corrected chi connectivity index (χ0v) is 16.2. The van der Waals surface area contributed by atoms with Crippen LogP contribution in [-0.2, 0) is 0 Å². The Hall–Kier alpha value is -2.34. The molecule has 0 bridgehead atoms. The number of carbonyl (C=O) groups excluding carboxylic acids is 1. The zero-order chi connectivity index (χ0) is 18.9. The molecule has 0 spiro atoms. The van der Waals surface area contributed by atoms with Crippen LogP contribution in [0, 0.1) is 12.8 Å². The third-order valence-corrected chi connectivity index (χ3v) is 4.38. The van der Waals surface area contributed by atoms with E-state index in [1.165, 1.54) is 6.42 Å². The van der Waals surface area contributed by atoms with Gasteiger partial charge in [-0.3, -0.25) is 4.79 Å². The van der Waals surface area contributed by atoms with E-state index in [1.54, 1.807) is 19.5 Å². The van der Waals surface area contributed by atoms with Crippen molar-refractivity contribution in [2.45, 2.75) is 33.6 Å². The maximum Gasteiger partial charge on any atom is 0.251 e. The summed E-state index contributed by atoms with van der Waals surface area (Å²) in [6.45, 7) is 8.70. The number of aromatic nitrogens is 2. The molecule has 1 saturated heterocycles. The van der Waals surface area contributed by atoms with E-state index >= 15 is 0 Å². The minimum Gasteiger partial charge on any atom is -0.495 e. The first-order valence-electron chi connectivity index (χ1n) is 9.35. The van der Waals surface area contributed by atoms with Gasteiger partial charge in [-0.2, -0.15) is 0 Å². The molecular formula is C20H30N4O2. The standard InChI is InChI=1S/C18H24N4O2.C2H6/c1-13-11-22(12-21-13)16-6-5-15(8-17(16)24-2)18(23)20-10-14-4-3-7-19-9-14;1-2/h5-6,8,11-12,14,19H,3-4,7,9-10H2,1-2H3,(H,20,23);1-2H3. The van der Waals surface area contributed by atoms with Crippen molar-refractivity contribution >= 4 is 5.91 Å². The van der Waals surface area contributed by atoms with Gasteiger partial charge < -0.3 is 19.9 Å². The van der Waals surface area contributed by atoms with Crippen LogP contribution in [-0.4, -0.2) is 42.2 Å². The second kappa shape index (κ2) is 9.97. The lowest BCUT2D eigenvalue weighted by molar-refractivity contribution is 0.0944. The van der Waals surface area contributed by atoms with Crippen molar-refractivity contribution in [2.24, 2.45) is 5.92 Å². The summed E-state index contributed by atoms with van der Waals surface area (Å²) in [5, 5.41) is 6.39. The lowest BCUT2D eigenvalue weighted by Gasteiger charge is -2.23. The van der Waals surface area contributed by atoms with Crippen LogP contribution < -0.4 is 15.4 Å². The van der Waals surface area contributed by atoms with E-state index in [1.807, 2.05) is 43.7 Å². The van der Waals surface area contributed by atoms with Crippen molar-refractivity contribution in [2.75, 3.05) is 26.7 Å². The molecule has 6 heteroatoms. The van der Waals surface area contributed by atoms with Crippen LogP contribution in [0.4, 0.5) is 0 Å². The number of methoxy groups -OCH3 is 1. The molecule has 1 fully saturated rings. The molecule has 1 amide bonds. The molecule has 1 unspecified atom stereocenters. The Balaban J connectivity index is 0.00000117. The summed E-state index contributed by atoms with van der Waals surface area (Å²) in [4.78, 5) is 16.6. The first kappa shape index (κ1) is 20.0. The van der Waals surface area contributed by atoms with E-state index in [0.29, 0.717) is 23.8 Å².